The first-order valence-corrected chi connectivity index (χ1v) is 6.00. The summed E-state index contributed by atoms with van der Waals surface area (Å²) in [5.74, 6) is 0.666. The molecular weight excluding hydrogens is 271 g/mol. The van der Waals surface area contributed by atoms with Crippen molar-refractivity contribution in [3.05, 3.63) is 23.2 Å². The smallest absolute Gasteiger partial charge is 0.239 e. The summed E-state index contributed by atoms with van der Waals surface area (Å²) in [5, 5.41) is 0. The van der Waals surface area contributed by atoms with Gasteiger partial charge in [-0.15, -0.1) is 0 Å². The molecular formula is C12H21B2NZr. The molecule has 0 aromatic heterocycles. The van der Waals surface area contributed by atoms with E-state index in [4.69, 9.17) is 0 Å². The van der Waals surface area contributed by atoms with Gasteiger partial charge in [0.25, 0.3) is 0 Å². The van der Waals surface area contributed by atoms with Gasteiger partial charge in [0.05, 0.1) is 0 Å². The average molecular weight is 292 g/mol. The normalized spacial score (nSPS) is 25.2. The molecule has 0 amide bonds. The largest absolute Gasteiger partial charge is 0.375 e. The van der Waals surface area contributed by atoms with E-state index in [1.54, 1.807) is 5.47 Å². The van der Waals surface area contributed by atoms with E-state index in [1.165, 1.54) is 5.57 Å². The van der Waals surface area contributed by atoms with Crippen LogP contribution < -0.4 is 0 Å². The summed E-state index contributed by atoms with van der Waals surface area (Å²) in [7, 11) is 0. The van der Waals surface area contributed by atoms with Gasteiger partial charge >= 0.3 is 0 Å². The fourth-order valence-electron chi connectivity index (χ4n) is 3.48. The standard InChI is InChI=1S/C12H21B2N.Zr/c1-9-7-10-11(8-9)14(6)15(13(10)5)12(2,3)4;/h7-8,10H,1-6H3;. The molecule has 1 aliphatic heterocycles. The molecule has 1 atom stereocenters. The quantitative estimate of drug-likeness (QED) is 0.620. The molecule has 0 N–H and O–H groups in total. The second-order valence-electron chi connectivity index (χ2n) is 6.08. The van der Waals surface area contributed by atoms with Crippen molar-refractivity contribution >= 4 is 13.7 Å². The maximum Gasteiger partial charge on any atom is 0.239 e. The van der Waals surface area contributed by atoms with E-state index >= 15 is 0 Å². The number of nitrogens with zero attached hydrogens (tertiary/aromatic N) is 1. The van der Waals surface area contributed by atoms with Gasteiger partial charge in [-0.3, -0.25) is 0 Å². The van der Waals surface area contributed by atoms with Crippen molar-refractivity contribution in [2.24, 2.45) is 0 Å². The number of fused-ring (bicyclic) bond motifs is 1. The van der Waals surface area contributed by atoms with Crippen LogP contribution in [-0.4, -0.2) is 24.0 Å². The molecule has 0 aromatic carbocycles. The van der Waals surface area contributed by atoms with Crippen LogP contribution in [0.15, 0.2) is 23.2 Å². The maximum atomic E-state index is 2.65. The Hall–Kier alpha value is 0.453. The molecule has 1 nitrogen and oxygen atoms in total. The zero-order chi connectivity index (χ0) is 11.4. The van der Waals surface area contributed by atoms with E-state index in [9.17, 15) is 0 Å². The Labute approximate surface area is 120 Å². The van der Waals surface area contributed by atoms with Crippen LogP contribution >= 0.6 is 0 Å². The van der Waals surface area contributed by atoms with Crippen LogP contribution in [0.2, 0.25) is 19.5 Å². The van der Waals surface area contributed by atoms with Crippen molar-refractivity contribution in [3.8, 4) is 0 Å². The summed E-state index contributed by atoms with van der Waals surface area (Å²) in [6, 6.07) is 0. The van der Waals surface area contributed by atoms with Crippen LogP contribution in [0.25, 0.3) is 0 Å². The molecule has 4 heteroatoms. The predicted molar refractivity (Wildman–Crippen MR) is 70.4 cm³/mol. The summed E-state index contributed by atoms with van der Waals surface area (Å²) in [6.07, 6.45) is 4.82. The molecule has 0 bridgehead atoms. The van der Waals surface area contributed by atoms with E-state index in [0.29, 0.717) is 19.5 Å². The van der Waals surface area contributed by atoms with Crippen LogP contribution in [0.1, 0.15) is 27.7 Å². The van der Waals surface area contributed by atoms with Crippen LogP contribution in [0, 0.1) is 0 Å². The number of hydrogen-bond acceptors (Lipinski definition) is 1. The number of allylic oxidation sites excluding steroid dienone is 4. The van der Waals surface area contributed by atoms with E-state index < -0.39 is 0 Å². The fourth-order valence-corrected chi connectivity index (χ4v) is 3.48. The third-order valence-corrected chi connectivity index (χ3v) is 3.85. The number of rotatable bonds is 0. The van der Waals surface area contributed by atoms with Crippen molar-refractivity contribution in [1.29, 1.82) is 0 Å². The molecule has 84 valence electrons. The summed E-state index contributed by atoms with van der Waals surface area (Å²) in [5.41, 5.74) is 3.34. The summed E-state index contributed by atoms with van der Waals surface area (Å²) in [6.45, 7) is 15.1. The molecule has 1 unspecified atom stereocenters. The molecule has 16 heavy (non-hydrogen) atoms. The average Bonchev–Trinajstić information content (AvgIpc) is 2.52. The first-order chi connectivity index (χ1) is 6.82. The molecule has 1 saturated heterocycles. The van der Waals surface area contributed by atoms with Crippen molar-refractivity contribution in [2.75, 3.05) is 0 Å². The van der Waals surface area contributed by atoms with Gasteiger partial charge in [0, 0.05) is 26.2 Å². The fraction of sp³-hybridized carbons (Fsp3) is 0.667. The van der Waals surface area contributed by atoms with Crippen LogP contribution in [0.3, 0.4) is 0 Å². The van der Waals surface area contributed by atoms with Gasteiger partial charge in [-0.05, 0) is 39.1 Å². The third-order valence-electron chi connectivity index (χ3n) is 3.85. The number of hydrogen-bond donors (Lipinski definition) is 0. The van der Waals surface area contributed by atoms with Gasteiger partial charge in [-0.2, -0.15) is 0 Å². The van der Waals surface area contributed by atoms with Crippen LogP contribution in [0.4, 0.5) is 0 Å². The Kier molecular flexibility index (Phi) is 4.18. The molecule has 2 rings (SSSR count). The van der Waals surface area contributed by atoms with E-state index in [0.717, 1.165) is 0 Å². The predicted octanol–water partition coefficient (Wildman–Crippen LogP) is 3.14. The maximum absolute atomic E-state index is 2.65. The Morgan fingerprint density at radius 1 is 1.25 bits per heavy atom. The zero-order valence-corrected chi connectivity index (χ0v) is 13.8. The van der Waals surface area contributed by atoms with Crippen LogP contribution in [0.5, 0.6) is 0 Å². The molecule has 2 aliphatic rings. The molecule has 0 radical (unpaired) electrons. The van der Waals surface area contributed by atoms with Crippen molar-refractivity contribution < 1.29 is 26.2 Å². The minimum Gasteiger partial charge on any atom is -0.375 e. The summed E-state index contributed by atoms with van der Waals surface area (Å²) >= 11 is 0. The molecule has 1 aliphatic carbocycles. The van der Waals surface area contributed by atoms with Crippen LogP contribution in [-0.2, 0) is 26.2 Å². The van der Waals surface area contributed by atoms with E-state index in [2.05, 4.69) is 58.2 Å². The van der Waals surface area contributed by atoms with Gasteiger partial charge in [0.2, 0.25) is 13.7 Å². The van der Waals surface area contributed by atoms with Crippen molar-refractivity contribution in [2.45, 2.75) is 52.7 Å². The van der Waals surface area contributed by atoms with Crippen molar-refractivity contribution in [1.82, 2.24) is 4.72 Å². The minimum atomic E-state index is 0. The molecule has 1 heterocycles. The monoisotopic (exact) mass is 291 g/mol. The SMILES string of the molecule is CB1C2=CC(C)=CC2B(C)N1C(C)(C)C.[Zr]. The van der Waals surface area contributed by atoms with Gasteiger partial charge in [0.1, 0.15) is 0 Å². The van der Waals surface area contributed by atoms with Gasteiger partial charge in [0.15, 0.2) is 0 Å². The molecule has 1 fully saturated rings. The third kappa shape index (κ3) is 2.20. The molecule has 0 aromatic rings. The first-order valence-electron chi connectivity index (χ1n) is 6.00. The molecule has 0 saturated carbocycles. The minimum absolute atomic E-state index is 0. The van der Waals surface area contributed by atoms with Crippen molar-refractivity contribution in [3.63, 3.8) is 0 Å². The Bertz CT molecular complexity index is 343. The van der Waals surface area contributed by atoms with Gasteiger partial charge < -0.3 is 4.72 Å². The first kappa shape index (κ1) is 14.5. The Balaban J connectivity index is 0.00000128. The zero-order valence-electron chi connectivity index (χ0n) is 11.3. The van der Waals surface area contributed by atoms with Gasteiger partial charge in [-0.25, -0.2) is 0 Å². The Morgan fingerprint density at radius 2 is 1.81 bits per heavy atom. The Morgan fingerprint density at radius 3 is 2.25 bits per heavy atom. The summed E-state index contributed by atoms with van der Waals surface area (Å²) < 4.78 is 2.65. The molecule has 0 spiro atoms. The second kappa shape index (κ2) is 4.61. The van der Waals surface area contributed by atoms with E-state index in [-0.39, 0.29) is 31.7 Å². The topological polar surface area (TPSA) is 3.24 Å². The summed E-state index contributed by atoms with van der Waals surface area (Å²) in [4.78, 5) is 0. The van der Waals surface area contributed by atoms with Gasteiger partial charge in [-0.1, -0.05) is 36.8 Å². The van der Waals surface area contributed by atoms with E-state index in [1.807, 2.05) is 0 Å². The second-order valence-corrected chi connectivity index (χ2v) is 6.08.